The molecule has 1 N–H and O–H groups in total. The summed E-state index contributed by atoms with van der Waals surface area (Å²) < 4.78 is 0. The van der Waals surface area contributed by atoms with Gasteiger partial charge in [-0.05, 0) is 44.0 Å². The minimum Gasteiger partial charge on any atom is -0.346 e. The number of rotatable bonds is 4. The van der Waals surface area contributed by atoms with Gasteiger partial charge in [-0.2, -0.15) is 0 Å². The van der Waals surface area contributed by atoms with Crippen LogP contribution in [0.1, 0.15) is 38.4 Å². The van der Waals surface area contributed by atoms with Crippen LogP contribution >= 0.6 is 11.3 Å². The van der Waals surface area contributed by atoms with Crippen molar-refractivity contribution in [2.45, 2.75) is 33.7 Å². The Morgan fingerprint density at radius 2 is 2.16 bits per heavy atom. The van der Waals surface area contributed by atoms with Gasteiger partial charge in [-0.25, -0.2) is 0 Å². The molecule has 0 saturated heterocycles. The lowest BCUT2D eigenvalue weighted by atomic mass is 10.2. The Morgan fingerprint density at radius 1 is 1.37 bits per heavy atom. The average molecular weight is 274 g/mol. The molecule has 0 spiro atoms. The molecule has 0 aliphatic heterocycles. The Labute approximate surface area is 117 Å². The van der Waals surface area contributed by atoms with Crippen LogP contribution in [-0.4, -0.2) is 10.9 Å². The van der Waals surface area contributed by atoms with E-state index in [4.69, 9.17) is 0 Å². The molecule has 1 amide bonds. The third-order valence-electron chi connectivity index (χ3n) is 2.94. The van der Waals surface area contributed by atoms with Crippen molar-refractivity contribution in [2.75, 3.05) is 0 Å². The van der Waals surface area contributed by atoms with Crippen LogP contribution in [-0.2, 0) is 13.0 Å². The maximum atomic E-state index is 12.1. The number of nitrogens with one attached hydrogen (secondary N) is 1. The topological polar surface area (TPSA) is 42.0 Å². The second-order valence-electron chi connectivity index (χ2n) is 4.52. The quantitative estimate of drug-likeness (QED) is 0.930. The monoisotopic (exact) mass is 274 g/mol. The number of aryl methyl sites for hydroxylation is 3. The highest BCUT2D eigenvalue weighted by atomic mass is 32.1. The van der Waals surface area contributed by atoms with Crippen molar-refractivity contribution >= 4 is 17.2 Å². The molecular formula is C15H18N2OS. The zero-order chi connectivity index (χ0) is 13.8. The fourth-order valence-electron chi connectivity index (χ4n) is 1.94. The van der Waals surface area contributed by atoms with Crippen molar-refractivity contribution in [2.24, 2.45) is 0 Å². The van der Waals surface area contributed by atoms with Crippen molar-refractivity contribution in [3.8, 4) is 0 Å². The molecule has 2 aromatic rings. The maximum Gasteiger partial charge on any atom is 0.261 e. The molecule has 2 aromatic heterocycles. The molecule has 0 unspecified atom stereocenters. The van der Waals surface area contributed by atoms with E-state index in [0.717, 1.165) is 22.7 Å². The number of carbonyl (C=O) groups excluding carboxylic acids is 1. The van der Waals surface area contributed by atoms with E-state index >= 15 is 0 Å². The molecule has 2 heterocycles. The van der Waals surface area contributed by atoms with Gasteiger partial charge in [-0.3, -0.25) is 9.78 Å². The number of pyridine rings is 1. The van der Waals surface area contributed by atoms with Crippen LogP contribution in [0.25, 0.3) is 0 Å². The minimum absolute atomic E-state index is 0.0175. The van der Waals surface area contributed by atoms with E-state index in [2.05, 4.69) is 17.2 Å². The van der Waals surface area contributed by atoms with E-state index in [0.29, 0.717) is 6.54 Å². The summed E-state index contributed by atoms with van der Waals surface area (Å²) in [6, 6.07) is 7.78. The number of hydrogen-bond acceptors (Lipinski definition) is 3. The molecule has 0 saturated carbocycles. The lowest BCUT2D eigenvalue weighted by Gasteiger charge is -2.03. The molecule has 0 aliphatic carbocycles. The largest absolute Gasteiger partial charge is 0.346 e. The number of carbonyl (C=O) groups is 1. The van der Waals surface area contributed by atoms with E-state index < -0.39 is 0 Å². The molecular weight excluding hydrogens is 256 g/mol. The van der Waals surface area contributed by atoms with Crippen LogP contribution < -0.4 is 5.32 Å². The molecule has 0 aliphatic rings. The van der Waals surface area contributed by atoms with Crippen molar-refractivity contribution in [3.05, 3.63) is 51.0 Å². The Balaban J connectivity index is 2.01. The Kier molecular flexibility index (Phi) is 4.32. The van der Waals surface area contributed by atoms with Gasteiger partial charge in [0, 0.05) is 10.6 Å². The first-order valence-electron chi connectivity index (χ1n) is 6.40. The summed E-state index contributed by atoms with van der Waals surface area (Å²) in [7, 11) is 0. The average Bonchev–Trinajstić information content (AvgIpc) is 2.77. The van der Waals surface area contributed by atoms with Crippen molar-refractivity contribution in [3.63, 3.8) is 0 Å². The molecule has 0 fully saturated rings. The summed E-state index contributed by atoms with van der Waals surface area (Å²) >= 11 is 1.57. The number of aromatic nitrogens is 1. The van der Waals surface area contributed by atoms with Gasteiger partial charge in [0.2, 0.25) is 0 Å². The molecule has 0 aromatic carbocycles. The van der Waals surface area contributed by atoms with E-state index in [1.54, 1.807) is 11.3 Å². The van der Waals surface area contributed by atoms with E-state index in [9.17, 15) is 4.79 Å². The first-order chi connectivity index (χ1) is 9.10. The second-order valence-corrected chi connectivity index (χ2v) is 5.66. The smallest absolute Gasteiger partial charge is 0.261 e. The van der Waals surface area contributed by atoms with Gasteiger partial charge in [0.15, 0.2) is 0 Å². The zero-order valence-corrected chi connectivity index (χ0v) is 12.3. The number of thiophene rings is 1. The molecule has 0 radical (unpaired) electrons. The van der Waals surface area contributed by atoms with Gasteiger partial charge in [-0.1, -0.05) is 13.0 Å². The van der Waals surface area contributed by atoms with Gasteiger partial charge in [-0.15, -0.1) is 11.3 Å². The summed E-state index contributed by atoms with van der Waals surface area (Å²) in [5.41, 5.74) is 3.05. The minimum atomic E-state index is -0.0175. The summed E-state index contributed by atoms with van der Waals surface area (Å²) in [5, 5.41) is 2.92. The third-order valence-corrected chi connectivity index (χ3v) is 4.32. The second kappa shape index (κ2) is 5.97. The molecule has 0 atom stereocenters. The molecule has 19 heavy (non-hydrogen) atoms. The fraction of sp³-hybridized carbons (Fsp3) is 0.333. The molecule has 4 heteroatoms. The third kappa shape index (κ3) is 3.41. The van der Waals surface area contributed by atoms with Crippen molar-refractivity contribution < 1.29 is 4.79 Å². The zero-order valence-electron chi connectivity index (χ0n) is 11.5. The van der Waals surface area contributed by atoms with Crippen LogP contribution in [0, 0.1) is 13.8 Å². The first-order valence-corrected chi connectivity index (χ1v) is 7.22. The van der Waals surface area contributed by atoms with Crippen LogP contribution in [0.15, 0.2) is 24.3 Å². The van der Waals surface area contributed by atoms with Crippen LogP contribution in [0.3, 0.4) is 0 Å². The molecule has 2 rings (SSSR count). The molecule has 3 nitrogen and oxygen atoms in total. The van der Waals surface area contributed by atoms with Gasteiger partial charge in [0.1, 0.15) is 0 Å². The number of hydrogen-bond donors (Lipinski definition) is 1. The van der Waals surface area contributed by atoms with Crippen LogP contribution in [0.2, 0.25) is 0 Å². The Hall–Kier alpha value is -1.68. The van der Waals surface area contributed by atoms with E-state index in [1.807, 2.05) is 38.1 Å². The van der Waals surface area contributed by atoms with Crippen molar-refractivity contribution in [1.82, 2.24) is 10.3 Å². The van der Waals surface area contributed by atoms with Crippen LogP contribution in [0.4, 0.5) is 0 Å². The first kappa shape index (κ1) is 13.7. The Bertz CT molecular complexity index is 590. The van der Waals surface area contributed by atoms with Crippen LogP contribution in [0.5, 0.6) is 0 Å². The van der Waals surface area contributed by atoms with Gasteiger partial charge >= 0.3 is 0 Å². The summed E-state index contributed by atoms with van der Waals surface area (Å²) in [6.07, 6.45) is 0.975. The van der Waals surface area contributed by atoms with E-state index in [-0.39, 0.29) is 5.91 Å². The van der Waals surface area contributed by atoms with Crippen molar-refractivity contribution in [1.29, 1.82) is 0 Å². The lowest BCUT2D eigenvalue weighted by molar-refractivity contribution is 0.0954. The normalized spacial score (nSPS) is 10.5. The maximum absolute atomic E-state index is 12.1. The Morgan fingerprint density at radius 3 is 2.79 bits per heavy atom. The predicted octanol–water partition coefficient (Wildman–Crippen LogP) is 3.25. The number of amides is 1. The van der Waals surface area contributed by atoms with E-state index in [1.165, 1.54) is 10.4 Å². The summed E-state index contributed by atoms with van der Waals surface area (Å²) in [4.78, 5) is 18.5. The molecule has 0 bridgehead atoms. The predicted molar refractivity (Wildman–Crippen MR) is 78.6 cm³/mol. The highest BCUT2D eigenvalue weighted by molar-refractivity contribution is 7.14. The molecule has 100 valence electrons. The summed E-state index contributed by atoms with van der Waals surface area (Å²) in [5.74, 6) is -0.0175. The SMILES string of the molecule is CCc1sc(C(=O)NCc2cccc(C)n2)cc1C. The number of nitrogens with zero attached hydrogens (tertiary/aromatic N) is 1. The van der Waals surface area contributed by atoms with Gasteiger partial charge in [0.25, 0.3) is 5.91 Å². The standard InChI is InChI=1S/C15H18N2OS/c1-4-13-10(2)8-14(19-13)15(18)16-9-12-7-5-6-11(3)17-12/h5-8H,4,9H2,1-3H3,(H,16,18). The highest BCUT2D eigenvalue weighted by Crippen LogP contribution is 2.22. The lowest BCUT2D eigenvalue weighted by Crippen LogP contribution is -2.22. The van der Waals surface area contributed by atoms with Gasteiger partial charge in [0.05, 0.1) is 17.1 Å². The highest BCUT2D eigenvalue weighted by Gasteiger charge is 2.11. The van der Waals surface area contributed by atoms with Gasteiger partial charge < -0.3 is 5.32 Å². The summed E-state index contributed by atoms with van der Waals surface area (Å²) in [6.45, 7) is 6.58. The fourth-order valence-corrected chi connectivity index (χ4v) is 2.97.